The molecule has 0 aliphatic heterocycles. The summed E-state index contributed by atoms with van der Waals surface area (Å²) in [7, 11) is 1.36. The van der Waals surface area contributed by atoms with E-state index in [1.165, 1.54) is 7.11 Å². The summed E-state index contributed by atoms with van der Waals surface area (Å²) >= 11 is 0. The number of aromatic nitrogens is 2. The fourth-order valence-corrected chi connectivity index (χ4v) is 2.23. The standard InChI is InChI=1S/C16H14N2O3/c1-21-16(20)12-6-7-18-13(9-12)10-17-15(18)8-11-2-4-14(19)5-3-11/h2-7,9-10,19H,8H2,1H3. The van der Waals surface area contributed by atoms with Gasteiger partial charge in [0.2, 0.25) is 0 Å². The Balaban J connectivity index is 1.93. The van der Waals surface area contributed by atoms with Crippen LogP contribution >= 0.6 is 0 Å². The van der Waals surface area contributed by atoms with Crippen LogP contribution in [0.5, 0.6) is 5.75 Å². The van der Waals surface area contributed by atoms with Crippen LogP contribution in [0.1, 0.15) is 21.7 Å². The zero-order valence-electron chi connectivity index (χ0n) is 11.5. The Morgan fingerprint density at radius 1 is 1.29 bits per heavy atom. The van der Waals surface area contributed by atoms with Crippen molar-refractivity contribution in [2.45, 2.75) is 6.42 Å². The molecule has 3 rings (SSSR count). The summed E-state index contributed by atoms with van der Waals surface area (Å²) in [5, 5.41) is 9.30. The van der Waals surface area contributed by atoms with Gasteiger partial charge in [0, 0.05) is 12.6 Å². The molecule has 0 unspecified atom stereocenters. The van der Waals surface area contributed by atoms with Crippen LogP contribution in [-0.4, -0.2) is 27.6 Å². The first-order chi connectivity index (χ1) is 10.2. The SMILES string of the molecule is COC(=O)c1ccn2c(Cc3ccc(O)cc3)ncc2c1. The summed E-state index contributed by atoms with van der Waals surface area (Å²) in [5.41, 5.74) is 2.39. The monoisotopic (exact) mass is 282 g/mol. The molecule has 0 amide bonds. The minimum atomic E-state index is -0.362. The number of esters is 1. The zero-order chi connectivity index (χ0) is 14.8. The van der Waals surface area contributed by atoms with E-state index in [1.54, 1.807) is 30.5 Å². The van der Waals surface area contributed by atoms with Crippen LogP contribution in [0, 0.1) is 0 Å². The van der Waals surface area contributed by atoms with E-state index >= 15 is 0 Å². The second kappa shape index (κ2) is 5.28. The average molecular weight is 282 g/mol. The number of nitrogens with zero attached hydrogens (tertiary/aromatic N) is 2. The second-order valence-electron chi connectivity index (χ2n) is 4.72. The number of carbonyl (C=O) groups excluding carboxylic acids is 1. The van der Waals surface area contributed by atoms with Gasteiger partial charge in [-0.15, -0.1) is 0 Å². The predicted molar refractivity (Wildman–Crippen MR) is 77.4 cm³/mol. The number of fused-ring (bicyclic) bond motifs is 1. The summed E-state index contributed by atoms with van der Waals surface area (Å²) in [6.07, 6.45) is 4.18. The lowest BCUT2D eigenvalue weighted by Gasteiger charge is -2.04. The second-order valence-corrected chi connectivity index (χ2v) is 4.72. The number of phenols is 1. The number of carbonyl (C=O) groups is 1. The first kappa shape index (κ1) is 13.2. The van der Waals surface area contributed by atoms with E-state index < -0.39 is 0 Å². The summed E-state index contributed by atoms with van der Waals surface area (Å²) in [5.74, 6) is 0.750. The minimum Gasteiger partial charge on any atom is -0.508 e. The molecule has 21 heavy (non-hydrogen) atoms. The van der Waals surface area contributed by atoms with Gasteiger partial charge in [0.1, 0.15) is 11.6 Å². The zero-order valence-corrected chi connectivity index (χ0v) is 11.5. The van der Waals surface area contributed by atoms with Crippen LogP contribution < -0.4 is 0 Å². The molecule has 2 aromatic heterocycles. The molecular formula is C16H14N2O3. The molecule has 0 saturated heterocycles. The smallest absolute Gasteiger partial charge is 0.337 e. The first-order valence-corrected chi connectivity index (χ1v) is 6.49. The summed E-state index contributed by atoms with van der Waals surface area (Å²) in [6.45, 7) is 0. The third-order valence-corrected chi connectivity index (χ3v) is 3.33. The highest BCUT2D eigenvalue weighted by atomic mass is 16.5. The Bertz CT molecular complexity index is 791. The van der Waals surface area contributed by atoms with E-state index in [-0.39, 0.29) is 11.7 Å². The lowest BCUT2D eigenvalue weighted by Crippen LogP contribution is -2.02. The predicted octanol–water partition coefficient (Wildman–Crippen LogP) is 2.42. The van der Waals surface area contributed by atoms with E-state index in [2.05, 4.69) is 4.98 Å². The van der Waals surface area contributed by atoms with Crippen LogP contribution in [-0.2, 0) is 11.2 Å². The molecular weight excluding hydrogens is 268 g/mol. The Morgan fingerprint density at radius 3 is 2.76 bits per heavy atom. The molecule has 2 heterocycles. The van der Waals surface area contributed by atoms with Gasteiger partial charge in [0.05, 0.1) is 24.4 Å². The number of methoxy groups -OCH3 is 1. The van der Waals surface area contributed by atoms with Crippen molar-refractivity contribution in [2.75, 3.05) is 7.11 Å². The van der Waals surface area contributed by atoms with Gasteiger partial charge in [0.15, 0.2) is 0 Å². The van der Waals surface area contributed by atoms with Crippen LogP contribution in [0.3, 0.4) is 0 Å². The Kier molecular flexibility index (Phi) is 3.31. The molecule has 0 atom stereocenters. The van der Waals surface area contributed by atoms with Crippen molar-refractivity contribution in [2.24, 2.45) is 0 Å². The number of ether oxygens (including phenoxy) is 1. The van der Waals surface area contributed by atoms with Crippen LogP contribution in [0.15, 0.2) is 48.8 Å². The van der Waals surface area contributed by atoms with Crippen molar-refractivity contribution in [3.05, 3.63) is 65.7 Å². The highest BCUT2D eigenvalue weighted by Crippen LogP contribution is 2.16. The van der Waals surface area contributed by atoms with E-state index in [0.717, 1.165) is 16.9 Å². The van der Waals surface area contributed by atoms with Gasteiger partial charge in [-0.2, -0.15) is 0 Å². The lowest BCUT2D eigenvalue weighted by molar-refractivity contribution is 0.0600. The maximum Gasteiger partial charge on any atom is 0.337 e. The fraction of sp³-hybridized carbons (Fsp3) is 0.125. The summed E-state index contributed by atoms with van der Waals surface area (Å²) in [4.78, 5) is 15.9. The van der Waals surface area contributed by atoms with Gasteiger partial charge in [-0.3, -0.25) is 0 Å². The number of rotatable bonds is 3. The van der Waals surface area contributed by atoms with Gasteiger partial charge in [-0.25, -0.2) is 9.78 Å². The van der Waals surface area contributed by atoms with Crippen molar-refractivity contribution in [1.82, 2.24) is 9.38 Å². The molecule has 5 heteroatoms. The Morgan fingerprint density at radius 2 is 2.05 bits per heavy atom. The number of hydrogen-bond donors (Lipinski definition) is 1. The third kappa shape index (κ3) is 2.58. The molecule has 1 aromatic carbocycles. The molecule has 0 aliphatic carbocycles. The van der Waals surface area contributed by atoms with E-state index in [4.69, 9.17) is 4.74 Å². The topological polar surface area (TPSA) is 63.8 Å². The number of aromatic hydroxyl groups is 1. The number of benzene rings is 1. The van der Waals surface area contributed by atoms with Gasteiger partial charge in [-0.1, -0.05) is 12.1 Å². The number of pyridine rings is 1. The Labute approximate surface area is 121 Å². The molecule has 0 bridgehead atoms. The quantitative estimate of drug-likeness (QED) is 0.749. The molecule has 0 saturated carbocycles. The maximum absolute atomic E-state index is 11.5. The average Bonchev–Trinajstić information content (AvgIpc) is 2.91. The Hall–Kier alpha value is -2.82. The van der Waals surface area contributed by atoms with Gasteiger partial charge in [0.25, 0.3) is 0 Å². The minimum absolute atomic E-state index is 0.245. The maximum atomic E-state index is 11.5. The van der Waals surface area contributed by atoms with E-state index in [9.17, 15) is 9.90 Å². The third-order valence-electron chi connectivity index (χ3n) is 3.33. The molecule has 0 radical (unpaired) electrons. The highest BCUT2D eigenvalue weighted by Gasteiger charge is 2.09. The molecule has 3 aromatic rings. The van der Waals surface area contributed by atoms with E-state index in [0.29, 0.717) is 12.0 Å². The van der Waals surface area contributed by atoms with Crippen LogP contribution in [0.4, 0.5) is 0 Å². The van der Waals surface area contributed by atoms with E-state index in [1.807, 2.05) is 22.7 Å². The lowest BCUT2D eigenvalue weighted by atomic mass is 10.1. The van der Waals surface area contributed by atoms with Crippen molar-refractivity contribution in [1.29, 1.82) is 0 Å². The molecule has 5 nitrogen and oxygen atoms in total. The first-order valence-electron chi connectivity index (χ1n) is 6.49. The molecule has 0 fully saturated rings. The summed E-state index contributed by atoms with van der Waals surface area (Å²) < 4.78 is 6.64. The molecule has 0 aliphatic rings. The number of hydrogen-bond acceptors (Lipinski definition) is 4. The van der Waals surface area contributed by atoms with Crippen molar-refractivity contribution in [3.8, 4) is 5.75 Å². The number of imidazole rings is 1. The van der Waals surface area contributed by atoms with Crippen molar-refractivity contribution in [3.63, 3.8) is 0 Å². The highest BCUT2D eigenvalue weighted by molar-refractivity contribution is 5.90. The van der Waals surface area contributed by atoms with Gasteiger partial charge < -0.3 is 14.2 Å². The largest absolute Gasteiger partial charge is 0.508 e. The summed E-state index contributed by atoms with van der Waals surface area (Å²) in [6, 6.07) is 10.5. The molecule has 1 N–H and O–H groups in total. The normalized spacial score (nSPS) is 10.7. The fourth-order valence-electron chi connectivity index (χ4n) is 2.23. The van der Waals surface area contributed by atoms with Crippen LogP contribution in [0.25, 0.3) is 5.52 Å². The number of phenolic OH excluding ortho intramolecular Hbond substituents is 1. The van der Waals surface area contributed by atoms with Gasteiger partial charge in [-0.05, 0) is 29.8 Å². The molecule has 106 valence electrons. The van der Waals surface area contributed by atoms with Gasteiger partial charge >= 0.3 is 5.97 Å². The van der Waals surface area contributed by atoms with Crippen molar-refractivity contribution >= 4 is 11.5 Å². The van der Waals surface area contributed by atoms with Crippen molar-refractivity contribution < 1.29 is 14.6 Å². The van der Waals surface area contributed by atoms with Crippen LogP contribution in [0.2, 0.25) is 0 Å². The molecule has 0 spiro atoms.